The Balaban J connectivity index is 2.21. The van der Waals surface area contributed by atoms with Gasteiger partial charge >= 0.3 is 0 Å². The van der Waals surface area contributed by atoms with E-state index < -0.39 is 0 Å². The first kappa shape index (κ1) is 12.4. The van der Waals surface area contributed by atoms with Gasteiger partial charge in [-0.1, -0.05) is 25.4 Å². The molecule has 0 bridgehead atoms. The molecule has 2 rings (SSSR count). The van der Waals surface area contributed by atoms with E-state index in [1.165, 1.54) is 24.1 Å². The van der Waals surface area contributed by atoms with Crippen molar-refractivity contribution in [2.75, 3.05) is 6.54 Å². The third-order valence-corrected chi connectivity index (χ3v) is 5.16. The first-order valence-electron chi connectivity index (χ1n) is 5.97. The van der Waals surface area contributed by atoms with Crippen molar-refractivity contribution in [2.24, 2.45) is 17.1 Å². The second-order valence-corrected chi connectivity index (χ2v) is 7.40. The lowest BCUT2D eigenvalue weighted by molar-refractivity contribution is 0.167. The molecule has 3 heteroatoms. The van der Waals surface area contributed by atoms with Crippen LogP contribution in [0.5, 0.6) is 0 Å². The fourth-order valence-electron chi connectivity index (χ4n) is 2.78. The average molecular weight is 258 g/mol. The van der Waals surface area contributed by atoms with E-state index in [0.717, 1.165) is 10.9 Å². The average Bonchev–Trinajstić information content (AvgIpc) is 2.64. The number of halogens is 1. The van der Waals surface area contributed by atoms with Crippen molar-refractivity contribution in [2.45, 2.75) is 39.0 Å². The topological polar surface area (TPSA) is 26.0 Å². The lowest BCUT2D eigenvalue weighted by Gasteiger charge is -2.40. The molecular formula is C13H20ClNS. The largest absolute Gasteiger partial charge is 0.330 e. The highest BCUT2D eigenvalue weighted by atomic mass is 35.5. The number of thiophene rings is 1. The Hall–Kier alpha value is -0.0500. The van der Waals surface area contributed by atoms with Gasteiger partial charge in [0.2, 0.25) is 0 Å². The molecule has 90 valence electrons. The van der Waals surface area contributed by atoms with Gasteiger partial charge < -0.3 is 5.73 Å². The van der Waals surface area contributed by atoms with Crippen LogP contribution in [0.25, 0.3) is 0 Å². The minimum absolute atomic E-state index is 0.451. The van der Waals surface area contributed by atoms with Crippen molar-refractivity contribution in [3.63, 3.8) is 0 Å². The summed E-state index contributed by atoms with van der Waals surface area (Å²) >= 11 is 7.75. The number of hydrogen-bond donors (Lipinski definition) is 1. The predicted molar refractivity (Wildman–Crippen MR) is 72.2 cm³/mol. The number of rotatable bonds is 2. The summed E-state index contributed by atoms with van der Waals surface area (Å²) in [6.45, 7) is 5.53. The molecule has 1 nitrogen and oxygen atoms in total. The lowest BCUT2D eigenvalue weighted by Crippen LogP contribution is -2.32. The van der Waals surface area contributed by atoms with Crippen LogP contribution in [0.15, 0.2) is 12.1 Å². The van der Waals surface area contributed by atoms with Gasteiger partial charge in [-0.05, 0) is 55.2 Å². The van der Waals surface area contributed by atoms with Crippen LogP contribution in [0.1, 0.15) is 43.9 Å². The molecule has 0 amide bonds. The fraction of sp³-hybridized carbons (Fsp3) is 0.692. The molecule has 1 heterocycles. The molecule has 0 aliphatic heterocycles. The fourth-order valence-corrected chi connectivity index (χ4v) is 4.04. The second-order valence-electron chi connectivity index (χ2n) is 5.65. The zero-order valence-corrected chi connectivity index (χ0v) is 11.6. The van der Waals surface area contributed by atoms with E-state index in [9.17, 15) is 0 Å². The van der Waals surface area contributed by atoms with Crippen LogP contribution in [0.4, 0.5) is 0 Å². The molecule has 1 saturated carbocycles. The summed E-state index contributed by atoms with van der Waals surface area (Å²) < 4.78 is 0.897. The quantitative estimate of drug-likeness (QED) is 0.841. The highest BCUT2D eigenvalue weighted by Gasteiger charge is 2.35. The van der Waals surface area contributed by atoms with E-state index in [0.29, 0.717) is 17.3 Å². The third-order valence-electron chi connectivity index (χ3n) is 3.80. The van der Waals surface area contributed by atoms with Crippen LogP contribution in [0.2, 0.25) is 4.34 Å². The van der Waals surface area contributed by atoms with Crippen LogP contribution in [0, 0.1) is 11.3 Å². The highest BCUT2D eigenvalue weighted by Crippen LogP contribution is 2.48. The van der Waals surface area contributed by atoms with Crippen molar-refractivity contribution in [3.8, 4) is 0 Å². The molecule has 2 atom stereocenters. The number of hydrogen-bond acceptors (Lipinski definition) is 2. The Morgan fingerprint density at radius 2 is 2.25 bits per heavy atom. The lowest BCUT2D eigenvalue weighted by atomic mass is 9.67. The Kier molecular flexibility index (Phi) is 3.62. The minimum atomic E-state index is 0.451. The minimum Gasteiger partial charge on any atom is -0.330 e. The molecule has 16 heavy (non-hydrogen) atoms. The van der Waals surface area contributed by atoms with E-state index in [2.05, 4.69) is 19.9 Å². The molecule has 0 spiro atoms. The summed E-state index contributed by atoms with van der Waals surface area (Å²) in [6, 6.07) is 4.19. The smallest absolute Gasteiger partial charge is 0.0931 e. The first-order chi connectivity index (χ1) is 7.52. The van der Waals surface area contributed by atoms with Gasteiger partial charge in [-0.2, -0.15) is 0 Å². The van der Waals surface area contributed by atoms with Crippen LogP contribution >= 0.6 is 22.9 Å². The van der Waals surface area contributed by atoms with Gasteiger partial charge in [0.15, 0.2) is 0 Å². The van der Waals surface area contributed by atoms with E-state index in [1.807, 2.05) is 6.07 Å². The Morgan fingerprint density at radius 3 is 2.81 bits per heavy atom. The van der Waals surface area contributed by atoms with Gasteiger partial charge in [-0.15, -0.1) is 11.3 Å². The van der Waals surface area contributed by atoms with Crippen LogP contribution < -0.4 is 5.73 Å². The Bertz CT molecular complexity index is 359. The maximum absolute atomic E-state index is 6.03. The molecular weight excluding hydrogens is 238 g/mol. The SMILES string of the molecule is CC1(C)CCC(CN)C(c2ccc(Cl)s2)C1. The van der Waals surface area contributed by atoms with E-state index in [1.54, 1.807) is 11.3 Å². The van der Waals surface area contributed by atoms with Gasteiger partial charge in [0.05, 0.1) is 4.34 Å². The van der Waals surface area contributed by atoms with Gasteiger partial charge in [0, 0.05) is 4.88 Å². The molecule has 1 aliphatic rings. The molecule has 1 aromatic rings. The Morgan fingerprint density at radius 1 is 1.50 bits per heavy atom. The van der Waals surface area contributed by atoms with Crippen molar-refractivity contribution in [3.05, 3.63) is 21.3 Å². The van der Waals surface area contributed by atoms with E-state index in [-0.39, 0.29) is 0 Å². The van der Waals surface area contributed by atoms with Gasteiger partial charge in [0.1, 0.15) is 0 Å². The van der Waals surface area contributed by atoms with Gasteiger partial charge in [-0.3, -0.25) is 0 Å². The maximum atomic E-state index is 6.03. The van der Waals surface area contributed by atoms with Crippen molar-refractivity contribution in [1.29, 1.82) is 0 Å². The zero-order valence-electron chi connectivity index (χ0n) is 10.0. The highest BCUT2D eigenvalue weighted by molar-refractivity contribution is 7.16. The Labute approximate surface area is 107 Å². The predicted octanol–water partition coefficient (Wildman–Crippen LogP) is 4.27. The van der Waals surface area contributed by atoms with Crippen LogP contribution in [-0.2, 0) is 0 Å². The van der Waals surface area contributed by atoms with Gasteiger partial charge in [-0.25, -0.2) is 0 Å². The second kappa shape index (κ2) is 4.67. The summed E-state index contributed by atoms with van der Waals surface area (Å²) in [5.41, 5.74) is 6.35. The summed E-state index contributed by atoms with van der Waals surface area (Å²) in [4.78, 5) is 1.42. The molecule has 0 aromatic carbocycles. The third kappa shape index (κ3) is 2.61. The van der Waals surface area contributed by atoms with Crippen molar-refractivity contribution >= 4 is 22.9 Å². The summed E-state index contributed by atoms with van der Waals surface area (Å²) in [7, 11) is 0. The van der Waals surface area contributed by atoms with Crippen LogP contribution in [-0.4, -0.2) is 6.54 Å². The normalized spacial score (nSPS) is 29.2. The van der Waals surface area contributed by atoms with E-state index >= 15 is 0 Å². The maximum Gasteiger partial charge on any atom is 0.0931 e. The zero-order chi connectivity index (χ0) is 11.8. The standard InChI is InChI=1S/C13H20ClNS/c1-13(2)6-5-9(8-15)10(7-13)11-3-4-12(14)16-11/h3-4,9-10H,5-8,15H2,1-2H3. The number of nitrogens with two attached hydrogens (primary N) is 1. The molecule has 2 N–H and O–H groups in total. The summed E-state index contributed by atoms with van der Waals surface area (Å²) in [5.74, 6) is 1.26. The summed E-state index contributed by atoms with van der Waals surface area (Å²) in [5, 5.41) is 0. The summed E-state index contributed by atoms with van der Waals surface area (Å²) in [6.07, 6.45) is 3.79. The van der Waals surface area contributed by atoms with E-state index in [4.69, 9.17) is 17.3 Å². The molecule has 2 unspecified atom stereocenters. The van der Waals surface area contributed by atoms with Gasteiger partial charge in [0.25, 0.3) is 0 Å². The van der Waals surface area contributed by atoms with Crippen molar-refractivity contribution < 1.29 is 0 Å². The molecule has 0 saturated heterocycles. The van der Waals surface area contributed by atoms with Crippen molar-refractivity contribution in [1.82, 2.24) is 0 Å². The molecule has 0 radical (unpaired) electrons. The monoisotopic (exact) mass is 257 g/mol. The first-order valence-corrected chi connectivity index (χ1v) is 7.16. The van der Waals surface area contributed by atoms with Crippen LogP contribution in [0.3, 0.4) is 0 Å². The molecule has 1 aliphatic carbocycles. The molecule has 1 fully saturated rings. The molecule has 1 aromatic heterocycles.